The van der Waals surface area contributed by atoms with E-state index in [4.69, 9.17) is 0 Å². The molecule has 0 aliphatic heterocycles. The molecular weight excluding hydrogens is 354 g/mol. The van der Waals surface area contributed by atoms with Crippen LogP contribution < -0.4 is 5.32 Å². The van der Waals surface area contributed by atoms with E-state index in [1.165, 1.54) is 12.7 Å². The highest BCUT2D eigenvalue weighted by molar-refractivity contribution is 5.94. The van der Waals surface area contributed by atoms with E-state index in [9.17, 15) is 4.79 Å². The molecule has 0 fully saturated rings. The molecule has 0 saturated carbocycles. The van der Waals surface area contributed by atoms with Crippen molar-refractivity contribution in [1.82, 2.24) is 34.8 Å². The van der Waals surface area contributed by atoms with E-state index in [0.717, 1.165) is 16.9 Å². The fraction of sp³-hybridized carbons (Fsp3) is 0.150. The van der Waals surface area contributed by atoms with Crippen LogP contribution in [0.2, 0.25) is 0 Å². The van der Waals surface area contributed by atoms with E-state index >= 15 is 0 Å². The number of carbonyl (C=O) groups is 1. The van der Waals surface area contributed by atoms with E-state index < -0.39 is 0 Å². The van der Waals surface area contributed by atoms with Crippen molar-refractivity contribution >= 4 is 5.91 Å². The topological polar surface area (TPSA) is 90.5 Å². The Labute approximate surface area is 161 Å². The lowest BCUT2D eigenvalue weighted by Crippen LogP contribution is -2.27. The summed E-state index contributed by atoms with van der Waals surface area (Å²) in [6.45, 7) is 3.94. The van der Waals surface area contributed by atoms with Gasteiger partial charge in [0.15, 0.2) is 0 Å². The van der Waals surface area contributed by atoms with Gasteiger partial charge in [-0.25, -0.2) is 9.67 Å². The number of rotatable bonds is 5. The van der Waals surface area contributed by atoms with Crippen molar-refractivity contribution in [1.29, 1.82) is 0 Å². The first-order chi connectivity index (χ1) is 13.6. The minimum Gasteiger partial charge on any atom is -0.345 e. The third-order valence-electron chi connectivity index (χ3n) is 4.55. The summed E-state index contributed by atoms with van der Waals surface area (Å²) in [6.07, 6.45) is 6.46. The molecule has 0 saturated heterocycles. The lowest BCUT2D eigenvalue weighted by Gasteiger charge is -2.14. The molecule has 0 radical (unpaired) electrons. The van der Waals surface area contributed by atoms with Gasteiger partial charge in [-0.1, -0.05) is 18.2 Å². The molecule has 4 aromatic rings. The third-order valence-corrected chi connectivity index (χ3v) is 4.55. The Morgan fingerprint density at radius 1 is 1.11 bits per heavy atom. The van der Waals surface area contributed by atoms with Gasteiger partial charge in [0.05, 0.1) is 17.9 Å². The standard InChI is InChI=1S/C20H19N7O/c1-14(18-11-24-27(15(18)2)17-6-4-3-5-7-17)25-20(28)16-8-9-21-19(10-16)26-12-22-23-13-26/h3-14H,1-2H3,(H,25,28)/t14-/m0/s1. The average Bonchev–Trinajstić information content (AvgIpc) is 3.39. The molecule has 1 N–H and O–H groups in total. The lowest BCUT2D eigenvalue weighted by molar-refractivity contribution is 0.0939. The summed E-state index contributed by atoms with van der Waals surface area (Å²) >= 11 is 0. The summed E-state index contributed by atoms with van der Waals surface area (Å²) in [5, 5.41) is 15.0. The normalized spacial score (nSPS) is 11.9. The number of para-hydroxylation sites is 1. The minimum absolute atomic E-state index is 0.184. The second kappa shape index (κ2) is 7.43. The molecular formula is C20H19N7O. The fourth-order valence-corrected chi connectivity index (χ4v) is 3.05. The molecule has 8 nitrogen and oxygen atoms in total. The molecule has 0 aliphatic carbocycles. The maximum atomic E-state index is 12.7. The summed E-state index contributed by atoms with van der Waals surface area (Å²) in [5.74, 6) is 0.398. The second-order valence-electron chi connectivity index (χ2n) is 6.40. The molecule has 140 valence electrons. The van der Waals surface area contributed by atoms with Gasteiger partial charge in [0.25, 0.3) is 5.91 Å². The van der Waals surface area contributed by atoms with Crippen LogP contribution in [0.1, 0.15) is 34.6 Å². The van der Waals surface area contributed by atoms with Gasteiger partial charge in [0, 0.05) is 23.0 Å². The highest BCUT2D eigenvalue weighted by Gasteiger charge is 2.17. The van der Waals surface area contributed by atoms with Gasteiger partial charge in [0.2, 0.25) is 0 Å². The van der Waals surface area contributed by atoms with E-state index in [2.05, 4.69) is 25.6 Å². The van der Waals surface area contributed by atoms with Crippen LogP contribution in [0.4, 0.5) is 0 Å². The number of amides is 1. The van der Waals surface area contributed by atoms with Crippen LogP contribution in [0.3, 0.4) is 0 Å². The third kappa shape index (κ3) is 3.39. The summed E-state index contributed by atoms with van der Waals surface area (Å²) < 4.78 is 3.52. The van der Waals surface area contributed by atoms with Crippen molar-refractivity contribution in [2.45, 2.75) is 19.9 Å². The maximum Gasteiger partial charge on any atom is 0.251 e. The largest absolute Gasteiger partial charge is 0.345 e. The van der Waals surface area contributed by atoms with Crippen molar-refractivity contribution in [3.8, 4) is 11.5 Å². The quantitative estimate of drug-likeness (QED) is 0.581. The Bertz CT molecular complexity index is 1090. The molecule has 1 amide bonds. The first kappa shape index (κ1) is 17.6. The Balaban J connectivity index is 1.53. The monoisotopic (exact) mass is 373 g/mol. The Morgan fingerprint density at radius 3 is 2.61 bits per heavy atom. The Morgan fingerprint density at radius 2 is 1.86 bits per heavy atom. The molecule has 0 bridgehead atoms. The van der Waals surface area contributed by atoms with Gasteiger partial charge in [-0.2, -0.15) is 5.10 Å². The highest BCUT2D eigenvalue weighted by atomic mass is 16.1. The molecule has 1 atom stereocenters. The van der Waals surface area contributed by atoms with Gasteiger partial charge < -0.3 is 5.32 Å². The van der Waals surface area contributed by atoms with E-state index in [1.54, 1.807) is 29.1 Å². The van der Waals surface area contributed by atoms with Crippen molar-refractivity contribution in [3.63, 3.8) is 0 Å². The number of nitrogens with one attached hydrogen (secondary N) is 1. The number of hydrogen-bond acceptors (Lipinski definition) is 5. The van der Waals surface area contributed by atoms with Crippen LogP contribution in [0.15, 0.2) is 67.5 Å². The van der Waals surface area contributed by atoms with Crippen molar-refractivity contribution in [3.05, 3.63) is 84.3 Å². The van der Waals surface area contributed by atoms with Crippen LogP contribution in [-0.4, -0.2) is 35.4 Å². The molecule has 28 heavy (non-hydrogen) atoms. The summed E-state index contributed by atoms with van der Waals surface area (Å²) in [6, 6.07) is 13.1. The van der Waals surface area contributed by atoms with Gasteiger partial charge in [-0.05, 0) is 38.1 Å². The van der Waals surface area contributed by atoms with Crippen molar-refractivity contribution < 1.29 is 4.79 Å². The summed E-state index contributed by atoms with van der Waals surface area (Å²) in [7, 11) is 0. The lowest BCUT2D eigenvalue weighted by atomic mass is 10.1. The van der Waals surface area contributed by atoms with E-state index in [1.807, 2.05) is 48.9 Å². The molecule has 8 heteroatoms. The summed E-state index contributed by atoms with van der Waals surface area (Å²) in [4.78, 5) is 17.0. The number of nitrogens with zero attached hydrogens (tertiary/aromatic N) is 6. The van der Waals surface area contributed by atoms with Crippen LogP contribution in [0.25, 0.3) is 11.5 Å². The van der Waals surface area contributed by atoms with E-state index in [0.29, 0.717) is 11.4 Å². The van der Waals surface area contributed by atoms with E-state index in [-0.39, 0.29) is 11.9 Å². The van der Waals surface area contributed by atoms with Gasteiger partial charge >= 0.3 is 0 Å². The maximum absolute atomic E-state index is 12.7. The number of aromatic nitrogens is 6. The SMILES string of the molecule is Cc1c([C@H](C)NC(=O)c2ccnc(-n3cnnc3)c2)cnn1-c1ccccc1. The number of pyridine rings is 1. The zero-order valence-corrected chi connectivity index (χ0v) is 15.5. The molecule has 0 spiro atoms. The van der Waals surface area contributed by atoms with Crippen LogP contribution in [0, 0.1) is 6.92 Å². The molecule has 3 aromatic heterocycles. The number of benzene rings is 1. The van der Waals surface area contributed by atoms with Crippen LogP contribution >= 0.6 is 0 Å². The predicted molar refractivity (Wildman–Crippen MR) is 103 cm³/mol. The smallest absolute Gasteiger partial charge is 0.251 e. The highest BCUT2D eigenvalue weighted by Crippen LogP contribution is 2.20. The molecule has 1 aromatic carbocycles. The Kier molecular flexibility index (Phi) is 4.67. The van der Waals surface area contributed by atoms with Crippen molar-refractivity contribution in [2.24, 2.45) is 0 Å². The van der Waals surface area contributed by atoms with Crippen LogP contribution in [0.5, 0.6) is 0 Å². The minimum atomic E-state index is -0.198. The average molecular weight is 373 g/mol. The molecule has 4 rings (SSSR count). The Hall–Kier alpha value is -3.81. The van der Waals surface area contributed by atoms with Crippen LogP contribution in [-0.2, 0) is 0 Å². The van der Waals surface area contributed by atoms with Crippen molar-refractivity contribution in [2.75, 3.05) is 0 Å². The second-order valence-corrected chi connectivity index (χ2v) is 6.40. The van der Waals surface area contributed by atoms with Gasteiger partial charge in [-0.3, -0.25) is 9.36 Å². The fourth-order valence-electron chi connectivity index (χ4n) is 3.05. The number of carbonyl (C=O) groups excluding carboxylic acids is 1. The zero-order chi connectivity index (χ0) is 19.5. The number of hydrogen-bond donors (Lipinski definition) is 1. The molecule has 0 unspecified atom stereocenters. The zero-order valence-electron chi connectivity index (χ0n) is 15.5. The first-order valence-corrected chi connectivity index (χ1v) is 8.85. The first-order valence-electron chi connectivity index (χ1n) is 8.85. The van der Waals surface area contributed by atoms with Gasteiger partial charge in [-0.15, -0.1) is 10.2 Å². The molecule has 0 aliphatic rings. The predicted octanol–water partition coefficient (Wildman–Crippen LogP) is 2.65. The molecule has 3 heterocycles. The van der Waals surface area contributed by atoms with Gasteiger partial charge in [0.1, 0.15) is 18.5 Å². The summed E-state index contributed by atoms with van der Waals surface area (Å²) in [5.41, 5.74) is 3.44.